The van der Waals surface area contributed by atoms with Crippen molar-refractivity contribution in [1.29, 1.82) is 0 Å². The molecule has 1 fully saturated rings. The van der Waals surface area contributed by atoms with Crippen LogP contribution in [0.25, 0.3) is 22.6 Å². The fourth-order valence-electron chi connectivity index (χ4n) is 3.30. The summed E-state index contributed by atoms with van der Waals surface area (Å²) in [5, 5.41) is 0. The molecule has 1 aliphatic heterocycles. The normalized spacial score (nSPS) is 15.7. The van der Waals surface area contributed by atoms with Crippen molar-refractivity contribution in [3.63, 3.8) is 0 Å². The molecule has 0 saturated carbocycles. The Labute approximate surface area is 147 Å². The van der Waals surface area contributed by atoms with Crippen LogP contribution < -0.4 is 0 Å². The Kier molecular flexibility index (Phi) is 4.72. The smallest absolute Gasteiger partial charge is 0.160 e. The van der Waals surface area contributed by atoms with Crippen LogP contribution in [0.5, 0.6) is 0 Å². The van der Waals surface area contributed by atoms with Crippen molar-refractivity contribution in [2.24, 2.45) is 0 Å². The van der Waals surface area contributed by atoms with Crippen molar-refractivity contribution in [2.75, 3.05) is 32.8 Å². The summed E-state index contributed by atoms with van der Waals surface area (Å²) in [7, 11) is 0. The molecule has 3 heterocycles. The first-order valence-corrected chi connectivity index (χ1v) is 8.86. The Bertz CT molecular complexity index is 854. The lowest BCUT2D eigenvalue weighted by molar-refractivity contribution is 0.0369. The number of hydrogen-bond acceptors (Lipinski definition) is 5. The lowest BCUT2D eigenvalue weighted by Gasteiger charge is -2.26. The number of morpholine rings is 1. The molecule has 0 radical (unpaired) electrons. The lowest BCUT2D eigenvalue weighted by Crippen LogP contribution is -2.37. The molecule has 2 aromatic heterocycles. The van der Waals surface area contributed by atoms with Gasteiger partial charge in [0.15, 0.2) is 5.82 Å². The van der Waals surface area contributed by atoms with Gasteiger partial charge in [0.25, 0.3) is 0 Å². The van der Waals surface area contributed by atoms with Crippen molar-refractivity contribution >= 4 is 11.0 Å². The van der Waals surface area contributed by atoms with E-state index in [1.54, 1.807) is 0 Å². The highest BCUT2D eigenvalue weighted by atomic mass is 16.5. The van der Waals surface area contributed by atoms with Crippen molar-refractivity contribution < 1.29 is 4.74 Å². The van der Waals surface area contributed by atoms with Crippen molar-refractivity contribution in [1.82, 2.24) is 24.4 Å². The SMILES string of the molecule is Cc1nc2ccccc2nc1-c1nccn1CCCN1CCOCC1. The highest BCUT2D eigenvalue weighted by molar-refractivity contribution is 5.77. The van der Waals surface area contributed by atoms with Gasteiger partial charge in [0.1, 0.15) is 5.69 Å². The van der Waals surface area contributed by atoms with E-state index < -0.39 is 0 Å². The minimum Gasteiger partial charge on any atom is -0.379 e. The molecular weight excluding hydrogens is 314 g/mol. The maximum atomic E-state index is 5.41. The number of ether oxygens (including phenoxy) is 1. The maximum absolute atomic E-state index is 5.41. The van der Waals surface area contributed by atoms with Crippen LogP contribution in [0, 0.1) is 6.92 Å². The largest absolute Gasteiger partial charge is 0.379 e. The average molecular weight is 337 g/mol. The number of para-hydroxylation sites is 2. The second-order valence-corrected chi connectivity index (χ2v) is 6.40. The molecule has 6 heteroatoms. The van der Waals surface area contributed by atoms with Gasteiger partial charge in [-0.15, -0.1) is 0 Å². The zero-order valence-electron chi connectivity index (χ0n) is 14.6. The highest BCUT2D eigenvalue weighted by Gasteiger charge is 2.14. The summed E-state index contributed by atoms with van der Waals surface area (Å²) in [6, 6.07) is 7.97. The third-order valence-electron chi connectivity index (χ3n) is 4.65. The Morgan fingerprint density at radius 1 is 1.04 bits per heavy atom. The van der Waals surface area contributed by atoms with Gasteiger partial charge in [0, 0.05) is 38.6 Å². The van der Waals surface area contributed by atoms with Gasteiger partial charge in [-0.05, 0) is 25.5 Å². The quantitative estimate of drug-likeness (QED) is 0.716. The van der Waals surface area contributed by atoms with Gasteiger partial charge >= 0.3 is 0 Å². The molecule has 130 valence electrons. The van der Waals surface area contributed by atoms with Gasteiger partial charge < -0.3 is 9.30 Å². The molecule has 3 aromatic rings. The number of hydrogen-bond donors (Lipinski definition) is 0. The van der Waals surface area contributed by atoms with Crippen molar-refractivity contribution in [3.05, 3.63) is 42.4 Å². The summed E-state index contributed by atoms with van der Waals surface area (Å²) in [6.07, 6.45) is 4.97. The Morgan fingerprint density at radius 3 is 2.60 bits per heavy atom. The minimum absolute atomic E-state index is 0.849. The van der Waals surface area contributed by atoms with Gasteiger partial charge in [-0.1, -0.05) is 12.1 Å². The highest BCUT2D eigenvalue weighted by Crippen LogP contribution is 2.21. The second-order valence-electron chi connectivity index (χ2n) is 6.40. The van der Waals surface area contributed by atoms with Crippen LogP contribution in [-0.2, 0) is 11.3 Å². The molecule has 0 amide bonds. The van der Waals surface area contributed by atoms with E-state index in [2.05, 4.69) is 19.4 Å². The van der Waals surface area contributed by atoms with Crippen molar-refractivity contribution in [2.45, 2.75) is 19.9 Å². The zero-order chi connectivity index (χ0) is 17.1. The van der Waals surface area contributed by atoms with Gasteiger partial charge in [-0.25, -0.2) is 15.0 Å². The van der Waals surface area contributed by atoms with Gasteiger partial charge in [-0.3, -0.25) is 4.90 Å². The first-order chi connectivity index (χ1) is 12.3. The molecule has 0 spiro atoms. The fraction of sp³-hybridized carbons (Fsp3) is 0.421. The van der Waals surface area contributed by atoms with E-state index >= 15 is 0 Å². The Hall–Kier alpha value is -2.31. The van der Waals surface area contributed by atoms with Crippen LogP contribution in [0.15, 0.2) is 36.7 Å². The standard InChI is InChI=1S/C19H23N5O/c1-15-18(22-17-6-3-2-5-16(17)21-15)19-20-7-10-24(19)9-4-8-23-11-13-25-14-12-23/h2-3,5-7,10H,4,8-9,11-14H2,1H3. The van der Waals surface area contributed by atoms with E-state index in [9.17, 15) is 0 Å². The Morgan fingerprint density at radius 2 is 1.80 bits per heavy atom. The number of nitrogens with zero attached hydrogens (tertiary/aromatic N) is 5. The van der Waals surface area contributed by atoms with Crippen LogP contribution in [-0.4, -0.2) is 57.3 Å². The first-order valence-electron chi connectivity index (χ1n) is 8.86. The summed E-state index contributed by atoms with van der Waals surface area (Å²) >= 11 is 0. The molecule has 0 bridgehead atoms. The number of fused-ring (bicyclic) bond motifs is 1. The average Bonchev–Trinajstić information content (AvgIpc) is 3.10. The molecule has 1 aromatic carbocycles. The van der Waals surface area contributed by atoms with E-state index in [-0.39, 0.29) is 0 Å². The van der Waals surface area contributed by atoms with Crippen molar-refractivity contribution in [3.8, 4) is 11.5 Å². The van der Waals surface area contributed by atoms with Crippen LogP contribution in [0.2, 0.25) is 0 Å². The van der Waals surface area contributed by atoms with Crippen LogP contribution in [0.4, 0.5) is 0 Å². The molecule has 4 rings (SSSR count). The summed E-state index contributed by atoms with van der Waals surface area (Å²) < 4.78 is 7.59. The summed E-state index contributed by atoms with van der Waals surface area (Å²) in [6.45, 7) is 7.79. The molecule has 1 aliphatic rings. The van der Waals surface area contributed by atoms with E-state index in [1.165, 1.54) is 0 Å². The molecule has 0 aliphatic carbocycles. The molecule has 25 heavy (non-hydrogen) atoms. The molecule has 0 N–H and O–H groups in total. The van der Waals surface area contributed by atoms with Gasteiger partial charge in [-0.2, -0.15) is 0 Å². The topological polar surface area (TPSA) is 56.1 Å². The first kappa shape index (κ1) is 16.2. The Balaban J connectivity index is 1.52. The molecule has 1 saturated heterocycles. The summed E-state index contributed by atoms with van der Waals surface area (Å²) in [5.41, 5.74) is 3.62. The predicted molar refractivity (Wildman–Crippen MR) is 97.4 cm³/mol. The maximum Gasteiger partial charge on any atom is 0.160 e. The predicted octanol–water partition coefficient (Wildman–Crippen LogP) is 2.52. The second kappa shape index (κ2) is 7.29. The van der Waals surface area contributed by atoms with E-state index in [4.69, 9.17) is 9.72 Å². The number of imidazole rings is 1. The number of rotatable bonds is 5. The number of aromatic nitrogens is 4. The monoisotopic (exact) mass is 337 g/mol. The van der Waals surface area contributed by atoms with Gasteiger partial charge in [0.05, 0.1) is 29.9 Å². The fourth-order valence-corrected chi connectivity index (χ4v) is 3.30. The van der Waals surface area contributed by atoms with Crippen LogP contribution in [0.1, 0.15) is 12.1 Å². The van der Waals surface area contributed by atoms with E-state index in [0.29, 0.717) is 0 Å². The minimum atomic E-state index is 0.849. The summed E-state index contributed by atoms with van der Waals surface area (Å²) in [5.74, 6) is 0.901. The van der Waals surface area contributed by atoms with Gasteiger partial charge in [0.2, 0.25) is 0 Å². The summed E-state index contributed by atoms with van der Waals surface area (Å²) in [4.78, 5) is 16.5. The van der Waals surface area contributed by atoms with Crippen LogP contribution >= 0.6 is 0 Å². The molecule has 0 unspecified atom stereocenters. The third-order valence-corrected chi connectivity index (χ3v) is 4.65. The number of benzene rings is 1. The number of aryl methyl sites for hydroxylation is 2. The third kappa shape index (κ3) is 3.55. The molecule has 6 nitrogen and oxygen atoms in total. The lowest BCUT2D eigenvalue weighted by atomic mass is 10.2. The van der Waals surface area contributed by atoms with E-state index in [0.717, 1.165) is 74.1 Å². The molecular formula is C19H23N5O. The molecule has 0 atom stereocenters. The van der Waals surface area contributed by atoms with E-state index in [1.807, 2.05) is 43.6 Å². The van der Waals surface area contributed by atoms with Crippen LogP contribution in [0.3, 0.4) is 0 Å². The zero-order valence-corrected chi connectivity index (χ0v) is 14.6.